The Morgan fingerprint density at radius 1 is 1.12 bits per heavy atom. The molecule has 1 aromatic rings. The molecule has 0 radical (unpaired) electrons. The molecule has 0 fully saturated rings. The fraction of sp³-hybridized carbons (Fsp3) is 0.533. The highest BCUT2D eigenvalue weighted by atomic mass is 16.4. The molecule has 17 heavy (non-hydrogen) atoms. The van der Waals surface area contributed by atoms with E-state index in [2.05, 4.69) is 45.0 Å². The minimum absolute atomic E-state index is 0.254. The van der Waals surface area contributed by atoms with Crippen LogP contribution in [0.3, 0.4) is 0 Å². The number of benzene rings is 1. The number of carboxylic acid groups (broad SMARTS) is 1. The first-order valence-corrected chi connectivity index (χ1v) is 6.16. The van der Waals surface area contributed by atoms with E-state index in [4.69, 9.17) is 5.11 Å². The first-order chi connectivity index (χ1) is 7.87. The first-order valence-electron chi connectivity index (χ1n) is 6.16. The Labute approximate surface area is 104 Å². The Morgan fingerprint density at radius 3 is 2.12 bits per heavy atom. The summed E-state index contributed by atoms with van der Waals surface area (Å²) in [6.45, 7) is 6.69. The lowest BCUT2D eigenvalue weighted by Crippen LogP contribution is -2.08. The van der Waals surface area contributed by atoms with Crippen LogP contribution in [0.25, 0.3) is 0 Å². The third-order valence-electron chi connectivity index (χ3n) is 2.61. The van der Waals surface area contributed by atoms with Gasteiger partial charge in [0.15, 0.2) is 0 Å². The summed E-state index contributed by atoms with van der Waals surface area (Å²) < 4.78 is 0. The van der Waals surface area contributed by atoms with Crippen LogP contribution in [-0.4, -0.2) is 11.1 Å². The Morgan fingerprint density at radius 2 is 1.65 bits per heavy atom. The van der Waals surface area contributed by atoms with Crippen molar-refractivity contribution in [3.8, 4) is 0 Å². The minimum Gasteiger partial charge on any atom is -0.481 e. The Bertz CT molecular complexity index is 358. The van der Waals surface area contributed by atoms with Gasteiger partial charge >= 0.3 is 5.97 Å². The molecule has 0 atom stereocenters. The zero-order valence-corrected chi connectivity index (χ0v) is 11.0. The summed E-state index contributed by atoms with van der Waals surface area (Å²) in [5, 5.41) is 8.56. The molecule has 2 nitrogen and oxygen atoms in total. The molecule has 0 amide bonds. The molecule has 1 rings (SSSR count). The van der Waals surface area contributed by atoms with Crippen molar-refractivity contribution in [3.63, 3.8) is 0 Å². The Balaban J connectivity index is 2.47. The van der Waals surface area contributed by atoms with Crippen LogP contribution in [0.5, 0.6) is 0 Å². The molecule has 1 aromatic carbocycles. The molecular formula is C15H22O2. The molecule has 94 valence electrons. The lowest BCUT2D eigenvalue weighted by Gasteiger charge is -2.18. The van der Waals surface area contributed by atoms with Crippen LogP contribution >= 0.6 is 0 Å². The van der Waals surface area contributed by atoms with Gasteiger partial charge < -0.3 is 5.11 Å². The second-order valence-corrected chi connectivity index (χ2v) is 5.80. The summed E-state index contributed by atoms with van der Waals surface area (Å²) >= 11 is 0. The number of carboxylic acids is 1. The van der Waals surface area contributed by atoms with Crippen LogP contribution in [0.15, 0.2) is 24.3 Å². The van der Waals surface area contributed by atoms with Gasteiger partial charge in [-0.25, -0.2) is 0 Å². The van der Waals surface area contributed by atoms with Crippen LogP contribution < -0.4 is 0 Å². The van der Waals surface area contributed by atoms with E-state index in [9.17, 15) is 4.79 Å². The lowest BCUT2D eigenvalue weighted by molar-refractivity contribution is -0.137. The molecule has 0 aliphatic rings. The SMILES string of the molecule is CC(C)(C)Cc1ccc(CCCC(=O)O)cc1. The maximum Gasteiger partial charge on any atom is 0.303 e. The fourth-order valence-corrected chi connectivity index (χ4v) is 1.88. The van der Waals surface area contributed by atoms with Gasteiger partial charge in [-0.05, 0) is 35.8 Å². The predicted molar refractivity (Wildman–Crippen MR) is 70.2 cm³/mol. The van der Waals surface area contributed by atoms with Crippen molar-refractivity contribution in [2.75, 3.05) is 0 Å². The Hall–Kier alpha value is -1.31. The molecule has 0 aliphatic heterocycles. The van der Waals surface area contributed by atoms with Gasteiger partial charge in [-0.3, -0.25) is 4.79 Å². The summed E-state index contributed by atoms with van der Waals surface area (Å²) in [6, 6.07) is 8.54. The zero-order valence-electron chi connectivity index (χ0n) is 11.0. The number of aliphatic carboxylic acids is 1. The van der Waals surface area contributed by atoms with Crippen molar-refractivity contribution in [1.82, 2.24) is 0 Å². The van der Waals surface area contributed by atoms with E-state index in [-0.39, 0.29) is 6.42 Å². The van der Waals surface area contributed by atoms with E-state index in [1.54, 1.807) is 0 Å². The van der Waals surface area contributed by atoms with Gasteiger partial charge in [-0.2, -0.15) is 0 Å². The summed E-state index contributed by atoms with van der Waals surface area (Å²) in [5.41, 5.74) is 2.88. The third kappa shape index (κ3) is 6.10. The largest absolute Gasteiger partial charge is 0.481 e. The minimum atomic E-state index is -0.714. The van der Waals surface area contributed by atoms with Crippen molar-refractivity contribution < 1.29 is 9.90 Å². The second-order valence-electron chi connectivity index (χ2n) is 5.80. The second kappa shape index (κ2) is 5.85. The molecule has 0 aromatic heterocycles. The fourth-order valence-electron chi connectivity index (χ4n) is 1.88. The Kier molecular flexibility index (Phi) is 4.73. The van der Waals surface area contributed by atoms with E-state index in [1.807, 2.05) is 0 Å². The third-order valence-corrected chi connectivity index (χ3v) is 2.61. The van der Waals surface area contributed by atoms with Gasteiger partial charge in [0.25, 0.3) is 0 Å². The summed E-state index contributed by atoms with van der Waals surface area (Å²) in [4.78, 5) is 10.4. The van der Waals surface area contributed by atoms with Crippen molar-refractivity contribution >= 4 is 5.97 Å². The quantitative estimate of drug-likeness (QED) is 0.843. The summed E-state index contributed by atoms with van der Waals surface area (Å²) in [5.74, 6) is -0.714. The normalized spacial score (nSPS) is 11.5. The average molecular weight is 234 g/mol. The van der Waals surface area contributed by atoms with Crippen molar-refractivity contribution in [2.24, 2.45) is 5.41 Å². The van der Waals surface area contributed by atoms with Gasteiger partial charge in [-0.1, -0.05) is 45.0 Å². The molecule has 0 aliphatic carbocycles. The average Bonchev–Trinajstić information content (AvgIpc) is 2.18. The molecule has 0 saturated heterocycles. The van der Waals surface area contributed by atoms with E-state index in [1.165, 1.54) is 11.1 Å². The molecule has 0 saturated carbocycles. The molecule has 0 heterocycles. The van der Waals surface area contributed by atoms with Crippen LogP contribution in [-0.2, 0) is 17.6 Å². The molecular weight excluding hydrogens is 212 g/mol. The lowest BCUT2D eigenvalue weighted by atomic mass is 9.88. The number of aryl methyl sites for hydroxylation is 1. The summed E-state index contributed by atoms with van der Waals surface area (Å²) in [7, 11) is 0. The molecule has 0 spiro atoms. The zero-order chi connectivity index (χ0) is 12.9. The smallest absolute Gasteiger partial charge is 0.303 e. The van der Waals surface area contributed by atoms with E-state index < -0.39 is 5.97 Å². The van der Waals surface area contributed by atoms with E-state index in [0.29, 0.717) is 11.8 Å². The van der Waals surface area contributed by atoms with Crippen LogP contribution in [0, 0.1) is 5.41 Å². The highest BCUT2D eigenvalue weighted by molar-refractivity contribution is 5.66. The summed E-state index contributed by atoms with van der Waals surface area (Å²) in [6.07, 6.45) is 2.89. The van der Waals surface area contributed by atoms with Crippen LogP contribution in [0.2, 0.25) is 0 Å². The van der Waals surface area contributed by atoms with Gasteiger partial charge in [0.05, 0.1) is 0 Å². The molecule has 0 unspecified atom stereocenters. The highest BCUT2D eigenvalue weighted by Gasteiger charge is 2.10. The molecule has 1 N–H and O–H groups in total. The topological polar surface area (TPSA) is 37.3 Å². The van der Waals surface area contributed by atoms with Crippen molar-refractivity contribution in [1.29, 1.82) is 0 Å². The van der Waals surface area contributed by atoms with E-state index >= 15 is 0 Å². The van der Waals surface area contributed by atoms with Gasteiger partial charge in [0.1, 0.15) is 0 Å². The van der Waals surface area contributed by atoms with E-state index in [0.717, 1.165) is 12.8 Å². The maximum absolute atomic E-state index is 10.4. The highest BCUT2D eigenvalue weighted by Crippen LogP contribution is 2.20. The number of carbonyl (C=O) groups is 1. The van der Waals surface area contributed by atoms with Gasteiger partial charge in [0, 0.05) is 6.42 Å². The monoisotopic (exact) mass is 234 g/mol. The van der Waals surface area contributed by atoms with Gasteiger partial charge in [0.2, 0.25) is 0 Å². The van der Waals surface area contributed by atoms with Crippen molar-refractivity contribution in [3.05, 3.63) is 35.4 Å². The standard InChI is InChI=1S/C15H22O2/c1-15(2,3)11-13-9-7-12(8-10-13)5-4-6-14(16)17/h7-10H,4-6,11H2,1-3H3,(H,16,17). The predicted octanol–water partition coefficient (Wildman–Crippen LogP) is 3.68. The first kappa shape index (κ1) is 13.8. The number of rotatable bonds is 5. The van der Waals surface area contributed by atoms with Crippen LogP contribution in [0.4, 0.5) is 0 Å². The number of hydrogen-bond acceptors (Lipinski definition) is 1. The van der Waals surface area contributed by atoms with Gasteiger partial charge in [-0.15, -0.1) is 0 Å². The van der Waals surface area contributed by atoms with Crippen molar-refractivity contribution in [2.45, 2.75) is 46.5 Å². The van der Waals surface area contributed by atoms with Crippen LogP contribution in [0.1, 0.15) is 44.7 Å². The molecule has 0 bridgehead atoms. The maximum atomic E-state index is 10.4. The number of hydrogen-bond donors (Lipinski definition) is 1. The molecule has 2 heteroatoms.